The van der Waals surface area contributed by atoms with Crippen LogP contribution in [-0.4, -0.2) is 6.29 Å². The van der Waals surface area contributed by atoms with Crippen LogP contribution in [0, 0.1) is 18.8 Å². The van der Waals surface area contributed by atoms with Crippen molar-refractivity contribution in [1.82, 2.24) is 0 Å². The highest BCUT2D eigenvalue weighted by molar-refractivity contribution is 5.72. The van der Waals surface area contributed by atoms with Crippen LogP contribution in [0.1, 0.15) is 11.1 Å². The number of aryl methyl sites for hydroxylation is 1. The lowest BCUT2D eigenvalue weighted by molar-refractivity contribution is -0.103. The van der Waals surface area contributed by atoms with Crippen LogP contribution in [-0.2, 0) is 11.2 Å². The Hall–Kier alpha value is -1.55. The molecule has 0 saturated heterocycles. The molecule has 0 aliphatic rings. The lowest BCUT2D eigenvalue weighted by atomic mass is 10.1. The largest absolute Gasteiger partial charge is 0.289 e. The van der Waals surface area contributed by atoms with Crippen LogP contribution in [0.4, 0.5) is 0 Å². The van der Waals surface area contributed by atoms with Crippen molar-refractivity contribution in [2.75, 3.05) is 0 Å². The number of rotatable bonds is 1. The molecule has 0 atom stereocenters. The molecule has 0 aromatic heterocycles. The van der Waals surface area contributed by atoms with Gasteiger partial charge in [0.2, 0.25) is 0 Å². The Labute approximate surface area is 72.4 Å². The van der Waals surface area contributed by atoms with Crippen molar-refractivity contribution in [2.45, 2.75) is 13.3 Å². The summed E-state index contributed by atoms with van der Waals surface area (Å²) in [5.74, 6) is 5.17. The average molecular weight is 158 g/mol. The first-order valence-corrected chi connectivity index (χ1v) is 3.81. The zero-order chi connectivity index (χ0) is 8.81. The second-order valence-corrected chi connectivity index (χ2v) is 2.54. The van der Waals surface area contributed by atoms with Gasteiger partial charge in [0.1, 0.15) is 0 Å². The van der Waals surface area contributed by atoms with Crippen molar-refractivity contribution in [2.24, 2.45) is 0 Å². The van der Waals surface area contributed by atoms with Crippen LogP contribution in [0.15, 0.2) is 24.3 Å². The minimum atomic E-state index is 0.623. The van der Waals surface area contributed by atoms with Crippen molar-refractivity contribution in [3.8, 4) is 11.8 Å². The van der Waals surface area contributed by atoms with Gasteiger partial charge in [-0.15, -0.1) is 0 Å². The summed E-state index contributed by atoms with van der Waals surface area (Å²) in [5, 5.41) is 0. The van der Waals surface area contributed by atoms with Crippen LogP contribution in [0.3, 0.4) is 0 Å². The van der Waals surface area contributed by atoms with E-state index >= 15 is 0 Å². The molecule has 1 aromatic rings. The summed E-state index contributed by atoms with van der Waals surface area (Å²) in [4.78, 5) is 9.91. The lowest BCUT2D eigenvalue weighted by Crippen LogP contribution is -1.85. The van der Waals surface area contributed by atoms with E-state index in [1.54, 1.807) is 0 Å². The van der Waals surface area contributed by atoms with Gasteiger partial charge in [0.25, 0.3) is 0 Å². The first kappa shape index (κ1) is 8.55. The summed E-state index contributed by atoms with van der Waals surface area (Å²) in [6, 6.07) is 8.03. The average Bonchev–Trinajstić information content (AvgIpc) is 2.09. The number of benzene rings is 1. The monoisotopic (exact) mass is 158 g/mol. The van der Waals surface area contributed by atoms with E-state index in [0.29, 0.717) is 12.7 Å². The van der Waals surface area contributed by atoms with Crippen LogP contribution in [0.2, 0.25) is 0 Å². The maximum Gasteiger partial charge on any atom is 0.192 e. The Morgan fingerprint density at radius 3 is 2.83 bits per heavy atom. The van der Waals surface area contributed by atoms with E-state index in [1.807, 2.05) is 31.2 Å². The third kappa shape index (κ3) is 2.25. The molecule has 0 unspecified atom stereocenters. The highest BCUT2D eigenvalue weighted by Crippen LogP contribution is 2.06. The Bertz CT molecular complexity index is 328. The maximum atomic E-state index is 9.91. The maximum absolute atomic E-state index is 9.91. The molecule has 1 nitrogen and oxygen atoms in total. The third-order valence-electron chi connectivity index (χ3n) is 1.70. The summed E-state index contributed by atoms with van der Waals surface area (Å²) in [6.07, 6.45) is 1.28. The fraction of sp³-hybridized carbons (Fsp3) is 0.182. The predicted octanol–water partition coefficient (Wildman–Crippen LogP) is 1.74. The fourth-order valence-corrected chi connectivity index (χ4v) is 0.996. The molecule has 0 saturated carbocycles. The summed E-state index contributed by atoms with van der Waals surface area (Å²) >= 11 is 0. The molecule has 0 radical (unpaired) electrons. The van der Waals surface area contributed by atoms with Gasteiger partial charge in [-0.05, 0) is 24.0 Å². The molecule has 0 spiro atoms. The summed E-state index contributed by atoms with van der Waals surface area (Å²) in [7, 11) is 0. The van der Waals surface area contributed by atoms with E-state index in [0.717, 1.165) is 0 Å². The van der Waals surface area contributed by atoms with Crippen LogP contribution in [0.25, 0.3) is 0 Å². The van der Waals surface area contributed by atoms with Crippen molar-refractivity contribution >= 4 is 6.29 Å². The van der Waals surface area contributed by atoms with Gasteiger partial charge in [-0.2, -0.15) is 0 Å². The zero-order valence-electron chi connectivity index (χ0n) is 7.00. The number of carbonyl (C=O) groups excluding carboxylic acids is 1. The van der Waals surface area contributed by atoms with Crippen molar-refractivity contribution < 1.29 is 4.79 Å². The molecule has 0 N–H and O–H groups in total. The molecule has 12 heavy (non-hydrogen) atoms. The zero-order valence-corrected chi connectivity index (χ0v) is 7.00. The molecule has 0 aliphatic carbocycles. The van der Waals surface area contributed by atoms with Gasteiger partial charge in [-0.1, -0.05) is 30.2 Å². The normalized spacial score (nSPS) is 8.42. The minimum Gasteiger partial charge on any atom is -0.289 e. The molecular weight excluding hydrogens is 148 g/mol. The number of aldehydes is 1. The van der Waals surface area contributed by atoms with Crippen LogP contribution >= 0.6 is 0 Å². The summed E-state index contributed by atoms with van der Waals surface area (Å²) in [5.41, 5.74) is 2.41. The Balaban J connectivity index is 2.75. The van der Waals surface area contributed by atoms with E-state index < -0.39 is 0 Å². The van der Waals surface area contributed by atoms with Gasteiger partial charge in [0.05, 0.1) is 0 Å². The first-order valence-electron chi connectivity index (χ1n) is 3.81. The van der Waals surface area contributed by atoms with Gasteiger partial charge in [0, 0.05) is 6.42 Å². The fourth-order valence-electron chi connectivity index (χ4n) is 0.996. The SMILES string of the molecule is Cc1ccccc1CC#CC=O. The van der Waals surface area contributed by atoms with Gasteiger partial charge in [-0.25, -0.2) is 0 Å². The quantitative estimate of drug-likeness (QED) is 0.449. The molecule has 0 heterocycles. The number of hydrogen-bond acceptors (Lipinski definition) is 1. The van der Waals surface area contributed by atoms with Gasteiger partial charge >= 0.3 is 0 Å². The van der Waals surface area contributed by atoms with Gasteiger partial charge < -0.3 is 0 Å². The molecule has 0 bridgehead atoms. The molecule has 1 aromatic carbocycles. The number of hydrogen-bond donors (Lipinski definition) is 0. The van der Waals surface area contributed by atoms with Crippen molar-refractivity contribution in [3.05, 3.63) is 35.4 Å². The number of carbonyl (C=O) groups is 1. The van der Waals surface area contributed by atoms with Crippen LogP contribution < -0.4 is 0 Å². The molecular formula is C11H10O. The van der Waals surface area contributed by atoms with E-state index in [-0.39, 0.29) is 0 Å². The second kappa shape index (κ2) is 4.35. The van der Waals surface area contributed by atoms with Gasteiger partial charge in [-0.3, -0.25) is 4.79 Å². The highest BCUT2D eigenvalue weighted by atomic mass is 16.1. The van der Waals surface area contributed by atoms with Crippen LogP contribution in [0.5, 0.6) is 0 Å². The standard InChI is InChI=1S/C11H10O/c1-10-6-2-3-7-11(10)8-4-5-9-12/h2-3,6-7,9H,8H2,1H3. The topological polar surface area (TPSA) is 17.1 Å². The summed E-state index contributed by atoms with van der Waals surface area (Å²) in [6.45, 7) is 2.04. The predicted molar refractivity (Wildman–Crippen MR) is 48.7 cm³/mol. The highest BCUT2D eigenvalue weighted by Gasteiger charge is 1.91. The molecule has 1 heteroatoms. The molecule has 0 aliphatic heterocycles. The van der Waals surface area contributed by atoms with Crippen molar-refractivity contribution in [1.29, 1.82) is 0 Å². The minimum absolute atomic E-state index is 0.623. The first-order chi connectivity index (χ1) is 5.84. The Morgan fingerprint density at radius 1 is 1.42 bits per heavy atom. The van der Waals surface area contributed by atoms with Crippen molar-refractivity contribution in [3.63, 3.8) is 0 Å². The van der Waals surface area contributed by atoms with Gasteiger partial charge in [0.15, 0.2) is 6.29 Å². The third-order valence-corrected chi connectivity index (χ3v) is 1.70. The molecule has 1 rings (SSSR count). The van der Waals surface area contributed by atoms with E-state index in [2.05, 4.69) is 11.8 Å². The van der Waals surface area contributed by atoms with E-state index in [1.165, 1.54) is 11.1 Å². The molecule has 60 valence electrons. The lowest BCUT2D eigenvalue weighted by Gasteiger charge is -1.98. The Morgan fingerprint density at radius 2 is 2.17 bits per heavy atom. The van der Waals surface area contributed by atoms with E-state index in [9.17, 15) is 4.79 Å². The smallest absolute Gasteiger partial charge is 0.192 e. The molecule has 0 amide bonds. The second-order valence-electron chi connectivity index (χ2n) is 2.54. The van der Waals surface area contributed by atoms with E-state index in [4.69, 9.17) is 0 Å². The Kier molecular flexibility index (Phi) is 3.10. The summed E-state index contributed by atoms with van der Waals surface area (Å²) < 4.78 is 0. The molecule has 0 fully saturated rings.